The van der Waals surface area contributed by atoms with Crippen LogP contribution in [-0.2, 0) is 4.79 Å². The number of nitrogens with one attached hydrogen (secondary N) is 1. The van der Waals surface area contributed by atoms with Gasteiger partial charge in [-0.3, -0.25) is 10.1 Å². The standard InChI is InChI=1S/C15H10ClN3O2S/c16-12-4-2-1-3-10(12)5-6-13(20)17-15-19-18-14(21-15)11-7-8-22-9-11/h1-9H,(H,17,19,20). The Balaban J connectivity index is 1.66. The van der Waals surface area contributed by atoms with Crippen molar-refractivity contribution in [2.45, 2.75) is 0 Å². The highest BCUT2D eigenvalue weighted by Crippen LogP contribution is 2.22. The van der Waals surface area contributed by atoms with Gasteiger partial charge in [-0.15, -0.1) is 5.10 Å². The van der Waals surface area contributed by atoms with Crippen molar-refractivity contribution < 1.29 is 9.21 Å². The summed E-state index contributed by atoms with van der Waals surface area (Å²) < 4.78 is 5.37. The van der Waals surface area contributed by atoms with E-state index < -0.39 is 0 Å². The van der Waals surface area contributed by atoms with Gasteiger partial charge < -0.3 is 4.42 Å². The van der Waals surface area contributed by atoms with Gasteiger partial charge in [-0.25, -0.2) is 0 Å². The average molecular weight is 332 g/mol. The summed E-state index contributed by atoms with van der Waals surface area (Å²) in [6, 6.07) is 9.15. The predicted molar refractivity (Wildman–Crippen MR) is 86.7 cm³/mol. The van der Waals surface area contributed by atoms with E-state index in [0.29, 0.717) is 10.9 Å². The molecule has 0 saturated carbocycles. The Kier molecular flexibility index (Phi) is 4.32. The summed E-state index contributed by atoms with van der Waals surface area (Å²) in [6.07, 6.45) is 2.98. The third kappa shape index (κ3) is 3.41. The number of halogens is 1. The van der Waals surface area contributed by atoms with Crippen LogP contribution in [0.1, 0.15) is 5.56 Å². The van der Waals surface area contributed by atoms with Crippen LogP contribution in [-0.4, -0.2) is 16.1 Å². The van der Waals surface area contributed by atoms with Crippen LogP contribution in [0.4, 0.5) is 6.01 Å². The lowest BCUT2D eigenvalue weighted by molar-refractivity contribution is -0.112. The molecule has 1 N–H and O–H groups in total. The van der Waals surface area contributed by atoms with Crippen molar-refractivity contribution in [2.24, 2.45) is 0 Å². The Morgan fingerprint density at radius 1 is 1.27 bits per heavy atom. The van der Waals surface area contributed by atoms with Gasteiger partial charge in [0.2, 0.25) is 0 Å². The first-order valence-corrected chi connectivity index (χ1v) is 7.64. The number of benzene rings is 1. The maximum Gasteiger partial charge on any atom is 0.322 e. The molecule has 0 aliphatic carbocycles. The number of aromatic nitrogens is 2. The lowest BCUT2D eigenvalue weighted by Gasteiger charge is -1.97. The van der Waals surface area contributed by atoms with E-state index in [9.17, 15) is 4.79 Å². The lowest BCUT2D eigenvalue weighted by atomic mass is 10.2. The SMILES string of the molecule is O=C(C=Cc1ccccc1Cl)Nc1nnc(-c2ccsc2)o1. The van der Waals surface area contributed by atoms with Gasteiger partial charge in [0.15, 0.2) is 0 Å². The topological polar surface area (TPSA) is 68.0 Å². The van der Waals surface area contributed by atoms with Gasteiger partial charge in [0.1, 0.15) is 0 Å². The summed E-state index contributed by atoms with van der Waals surface area (Å²) in [7, 11) is 0. The normalized spacial score (nSPS) is 11.0. The molecule has 0 saturated heterocycles. The molecule has 1 aromatic carbocycles. The average Bonchev–Trinajstić information content (AvgIpc) is 3.17. The van der Waals surface area contributed by atoms with E-state index in [-0.39, 0.29) is 11.9 Å². The highest BCUT2D eigenvalue weighted by atomic mass is 35.5. The zero-order valence-electron chi connectivity index (χ0n) is 11.2. The maximum atomic E-state index is 11.8. The highest BCUT2D eigenvalue weighted by molar-refractivity contribution is 7.08. The third-order valence-electron chi connectivity index (χ3n) is 2.74. The van der Waals surface area contributed by atoms with Crippen LogP contribution in [0, 0.1) is 0 Å². The Bertz CT molecular complexity index is 812. The van der Waals surface area contributed by atoms with Crippen LogP contribution in [0.25, 0.3) is 17.5 Å². The van der Waals surface area contributed by atoms with E-state index in [1.54, 1.807) is 12.1 Å². The van der Waals surface area contributed by atoms with Gasteiger partial charge in [-0.2, -0.15) is 11.3 Å². The molecule has 0 radical (unpaired) electrons. The number of carbonyl (C=O) groups excluding carboxylic acids is 1. The van der Waals surface area contributed by atoms with Gasteiger partial charge in [0, 0.05) is 22.0 Å². The van der Waals surface area contributed by atoms with Crippen molar-refractivity contribution >= 4 is 40.9 Å². The Morgan fingerprint density at radius 3 is 2.91 bits per heavy atom. The van der Waals surface area contributed by atoms with E-state index in [4.69, 9.17) is 16.0 Å². The molecule has 0 fully saturated rings. The molecule has 0 aliphatic rings. The van der Waals surface area contributed by atoms with Crippen molar-refractivity contribution in [1.82, 2.24) is 10.2 Å². The Morgan fingerprint density at radius 2 is 2.14 bits per heavy atom. The fourth-order valence-electron chi connectivity index (χ4n) is 1.70. The zero-order valence-corrected chi connectivity index (χ0v) is 12.8. The van der Waals surface area contributed by atoms with Crippen LogP contribution in [0.15, 0.2) is 51.6 Å². The summed E-state index contributed by atoms with van der Waals surface area (Å²) in [5.41, 5.74) is 1.58. The van der Waals surface area contributed by atoms with Crippen LogP contribution in [0.2, 0.25) is 5.02 Å². The van der Waals surface area contributed by atoms with Gasteiger partial charge in [-0.1, -0.05) is 34.9 Å². The maximum absolute atomic E-state index is 11.8. The number of hydrogen-bond donors (Lipinski definition) is 1. The molecule has 0 spiro atoms. The van der Waals surface area contributed by atoms with E-state index in [2.05, 4.69) is 15.5 Å². The molecule has 2 heterocycles. The fourth-order valence-corrected chi connectivity index (χ4v) is 2.53. The minimum atomic E-state index is -0.375. The minimum absolute atomic E-state index is 0.0509. The highest BCUT2D eigenvalue weighted by Gasteiger charge is 2.10. The summed E-state index contributed by atoms with van der Waals surface area (Å²) in [6.45, 7) is 0. The smallest absolute Gasteiger partial charge is 0.322 e. The van der Waals surface area contributed by atoms with Crippen LogP contribution >= 0.6 is 22.9 Å². The molecule has 22 heavy (non-hydrogen) atoms. The summed E-state index contributed by atoms with van der Waals surface area (Å²) in [5.74, 6) is -0.00734. The molecule has 5 nitrogen and oxygen atoms in total. The van der Waals surface area contributed by atoms with Crippen LogP contribution in [0.5, 0.6) is 0 Å². The van der Waals surface area contributed by atoms with E-state index in [0.717, 1.165) is 11.1 Å². The molecule has 1 amide bonds. The number of hydrogen-bond acceptors (Lipinski definition) is 5. The molecule has 2 aromatic heterocycles. The molecule has 3 rings (SSSR count). The Labute approximate surface area is 135 Å². The third-order valence-corrected chi connectivity index (χ3v) is 3.77. The molecule has 0 atom stereocenters. The van der Waals surface area contributed by atoms with Gasteiger partial charge in [-0.05, 0) is 29.2 Å². The van der Waals surface area contributed by atoms with E-state index >= 15 is 0 Å². The number of amides is 1. The largest absolute Gasteiger partial charge is 0.403 e. The monoisotopic (exact) mass is 331 g/mol. The first-order valence-electron chi connectivity index (χ1n) is 6.32. The number of anilines is 1. The Hall–Kier alpha value is -2.44. The second-order valence-corrected chi connectivity index (χ2v) is 5.46. The van der Waals surface area contributed by atoms with E-state index in [1.165, 1.54) is 17.4 Å². The van der Waals surface area contributed by atoms with Crippen molar-refractivity contribution in [1.29, 1.82) is 0 Å². The van der Waals surface area contributed by atoms with Crippen molar-refractivity contribution in [3.8, 4) is 11.5 Å². The quantitative estimate of drug-likeness (QED) is 0.731. The zero-order chi connectivity index (χ0) is 15.4. The molecule has 0 aliphatic heterocycles. The van der Waals surface area contributed by atoms with E-state index in [1.807, 2.05) is 35.0 Å². The van der Waals surface area contributed by atoms with Crippen LogP contribution < -0.4 is 5.32 Å². The van der Waals surface area contributed by atoms with Crippen molar-refractivity contribution in [3.63, 3.8) is 0 Å². The molecule has 0 bridgehead atoms. The van der Waals surface area contributed by atoms with Crippen LogP contribution in [0.3, 0.4) is 0 Å². The second kappa shape index (κ2) is 6.55. The summed E-state index contributed by atoms with van der Waals surface area (Å²) >= 11 is 7.53. The minimum Gasteiger partial charge on any atom is -0.403 e. The number of rotatable bonds is 4. The van der Waals surface area contributed by atoms with Crippen molar-refractivity contribution in [2.75, 3.05) is 5.32 Å². The van der Waals surface area contributed by atoms with Gasteiger partial charge >= 0.3 is 6.01 Å². The number of thiophene rings is 1. The molecular formula is C15H10ClN3O2S. The molecule has 3 aromatic rings. The van der Waals surface area contributed by atoms with Gasteiger partial charge in [0.25, 0.3) is 11.8 Å². The predicted octanol–water partition coefficient (Wildman–Crippen LogP) is 4.10. The van der Waals surface area contributed by atoms with Crippen molar-refractivity contribution in [3.05, 3.63) is 57.8 Å². The molecular weight excluding hydrogens is 322 g/mol. The summed E-state index contributed by atoms with van der Waals surface area (Å²) in [5, 5.41) is 14.5. The molecule has 7 heteroatoms. The first kappa shape index (κ1) is 14.5. The lowest BCUT2D eigenvalue weighted by Crippen LogP contribution is -2.07. The number of carbonyl (C=O) groups is 1. The molecule has 110 valence electrons. The van der Waals surface area contributed by atoms with Gasteiger partial charge in [0.05, 0.1) is 0 Å². The molecule has 0 unspecified atom stereocenters. The second-order valence-electron chi connectivity index (χ2n) is 4.27. The first-order chi connectivity index (χ1) is 10.7. The fraction of sp³-hybridized carbons (Fsp3) is 0. The number of nitrogens with zero attached hydrogens (tertiary/aromatic N) is 2. The summed E-state index contributed by atoms with van der Waals surface area (Å²) in [4.78, 5) is 11.8.